The van der Waals surface area contributed by atoms with E-state index in [0.29, 0.717) is 11.8 Å². The van der Waals surface area contributed by atoms with Crippen molar-refractivity contribution < 1.29 is 34.7 Å². The van der Waals surface area contributed by atoms with E-state index in [-0.39, 0.29) is 72.3 Å². The quantitative estimate of drug-likeness (QED) is 0.103. The molecule has 1 aromatic heterocycles. The summed E-state index contributed by atoms with van der Waals surface area (Å²) in [6.07, 6.45) is 1.56. The molecule has 3 aromatic carbocycles. The number of carbonyl (C=O) groups excluding carboxylic acids is 1. The molecule has 53 heavy (non-hydrogen) atoms. The Bertz CT molecular complexity index is 1950. The third-order valence-electron chi connectivity index (χ3n) is 13.3. The van der Waals surface area contributed by atoms with Gasteiger partial charge in [0.05, 0.1) is 5.52 Å². The van der Waals surface area contributed by atoms with Gasteiger partial charge in [-0.15, -0.1) is 29.3 Å². The summed E-state index contributed by atoms with van der Waals surface area (Å²) >= 11 is 0. The number of hydrogen-bond donors (Lipinski definition) is 1. The number of pyridine rings is 1. The largest absolute Gasteiger partial charge is 0.512 e. The number of nitrogens with zero attached hydrogens (tertiary/aromatic N) is 1. The standard InChI is InChI=1S/C29H26NO.C19H36O2.Ir/c1-17(2)22-16-24(30-23-14-7-5-10-18(22)23)19-12-9-13-21-26(19)29(3,4)27-20-11-6-8-15-25(20)31-28(21)27;1-12(2)18(9,13(3)4)16(20)11-17(21)19(10,14(5)6)15(7)8;/h5-11,13-17,27-28H,1-4H3;11-15,20H,1-10H3;/q-1;;/b;16-11-;. The topological polar surface area (TPSA) is 59.4 Å². The maximum Gasteiger partial charge on any atom is 0.165 e. The number of carbonyl (C=O) groups is 1. The number of ketones is 1. The molecule has 1 aliphatic carbocycles. The Hall–Kier alpha value is -3.27. The van der Waals surface area contributed by atoms with Crippen molar-refractivity contribution in [3.05, 3.63) is 107 Å². The number of aromatic nitrogens is 1. The van der Waals surface area contributed by atoms with Crippen LogP contribution >= 0.6 is 0 Å². The molecule has 0 bridgehead atoms. The maximum absolute atomic E-state index is 12.8. The van der Waals surface area contributed by atoms with Crippen LogP contribution in [-0.2, 0) is 30.3 Å². The van der Waals surface area contributed by atoms with Crippen molar-refractivity contribution in [2.75, 3.05) is 0 Å². The summed E-state index contributed by atoms with van der Waals surface area (Å²) in [5.41, 5.74) is 7.55. The Morgan fingerprint density at radius 3 is 1.98 bits per heavy atom. The molecule has 2 unspecified atom stereocenters. The van der Waals surface area contributed by atoms with Gasteiger partial charge in [0, 0.05) is 53.9 Å². The summed E-state index contributed by atoms with van der Waals surface area (Å²) in [4.78, 5) is 17.9. The number of rotatable bonds is 9. The molecular formula is C48H62IrNO3-. The zero-order valence-corrected chi connectivity index (χ0v) is 36.9. The van der Waals surface area contributed by atoms with Crippen molar-refractivity contribution in [2.45, 2.75) is 120 Å². The van der Waals surface area contributed by atoms with E-state index < -0.39 is 5.41 Å². The summed E-state index contributed by atoms with van der Waals surface area (Å²) in [5, 5.41) is 11.9. The fourth-order valence-corrected chi connectivity index (χ4v) is 8.76. The van der Waals surface area contributed by atoms with Crippen LogP contribution in [0, 0.1) is 40.6 Å². The number of para-hydroxylation sites is 2. The van der Waals surface area contributed by atoms with Gasteiger partial charge in [0.15, 0.2) is 5.78 Å². The normalized spacial score (nSPS) is 17.8. The van der Waals surface area contributed by atoms with Gasteiger partial charge in [-0.2, -0.15) is 0 Å². The summed E-state index contributed by atoms with van der Waals surface area (Å²) in [5.74, 6) is 3.02. The van der Waals surface area contributed by atoms with E-state index in [4.69, 9.17) is 9.72 Å². The average Bonchev–Trinajstić information content (AvgIpc) is 3.60. The van der Waals surface area contributed by atoms with Crippen LogP contribution in [0.2, 0.25) is 0 Å². The Morgan fingerprint density at radius 2 is 1.40 bits per heavy atom. The molecule has 4 aromatic rings. The first-order chi connectivity index (χ1) is 24.3. The van der Waals surface area contributed by atoms with Crippen molar-refractivity contribution in [1.82, 2.24) is 4.98 Å². The molecule has 0 saturated carbocycles. The molecule has 0 fully saturated rings. The van der Waals surface area contributed by atoms with Crippen LogP contribution < -0.4 is 4.74 Å². The minimum absolute atomic E-state index is 0. The molecule has 1 aliphatic heterocycles. The molecule has 6 rings (SSSR count). The van der Waals surface area contributed by atoms with Gasteiger partial charge in [-0.25, -0.2) is 0 Å². The summed E-state index contributed by atoms with van der Waals surface area (Å²) in [6, 6.07) is 27.1. The number of fused-ring (bicyclic) bond motifs is 6. The van der Waals surface area contributed by atoms with Gasteiger partial charge in [0.1, 0.15) is 17.6 Å². The SMILES string of the molecule is CC(C)C(C)(C(=O)/C=C(\O)C(C)(C(C)C)C(C)C)C(C)C.CC(C)c1cc(-c2[c-]ccc3c2C(C)(C)C2c4ccccc4OC32)nc2ccccc12.[Ir]. The van der Waals surface area contributed by atoms with Gasteiger partial charge in [0.2, 0.25) is 0 Å². The number of hydrogen-bond acceptors (Lipinski definition) is 4. The zero-order valence-electron chi connectivity index (χ0n) is 34.5. The van der Waals surface area contributed by atoms with Crippen LogP contribution in [0.4, 0.5) is 0 Å². The summed E-state index contributed by atoms with van der Waals surface area (Å²) in [7, 11) is 0. The van der Waals surface area contributed by atoms with E-state index in [1.807, 2.05) is 19.9 Å². The van der Waals surface area contributed by atoms with Gasteiger partial charge in [-0.3, -0.25) is 9.78 Å². The van der Waals surface area contributed by atoms with Crippen LogP contribution in [0.5, 0.6) is 5.75 Å². The molecule has 2 aliphatic rings. The molecule has 2 heterocycles. The zero-order chi connectivity index (χ0) is 38.5. The maximum atomic E-state index is 12.8. The van der Waals surface area contributed by atoms with Gasteiger partial charge in [-0.1, -0.05) is 145 Å². The van der Waals surface area contributed by atoms with Crippen molar-refractivity contribution >= 4 is 16.7 Å². The average molecular weight is 893 g/mol. The second kappa shape index (κ2) is 15.8. The van der Waals surface area contributed by atoms with E-state index in [9.17, 15) is 9.90 Å². The van der Waals surface area contributed by atoms with Crippen LogP contribution in [-0.4, -0.2) is 15.9 Å². The first-order valence-electron chi connectivity index (χ1n) is 19.5. The van der Waals surface area contributed by atoms with Gasteiger partial charge in [-0.05, 0) is 58.4 Å². The first-order valence-corrected chi connectivity index (χ1v) is 19.5. The predicted molar refractivity (Wildman–Crippen MR) is 217 cm³/mol. The van der Waals surface area contributed by atoms with Gasteiger partial charge < -0.3 is 9.84 Å². The monoisotopic (exact) mass is 893 g/mol. The molecule has 0 amide bonds. The molecule has 0 saturated heterocycles. The predicted octanol–water partition coefficient (Wildman–Crippen LogP) is 13.0. The molecule has 287 valence electrons. The molecule has 0 spiro atoms. The molecule has 4 nitrogen and oxygen atoms in total. The van der Waals surface area contributed by atoms with E-state index in [1.165, 1.54) is 33.7 Å². The van der Waals surface area contributed by atoms with Crippen molar-refractivity contribution in [2.24, 2.45) is 34.5 Å². The van der Waals surface area contributed by atoms with Crippen LogP contribution in [0.1, 0.15) is 137 Å². The summed E-state index contributed by atoms with van der Waals surface area (Å²) < 4.78 is 6.48. The van der Waals surface area contributed by atoms with Crippen molar-refractivity contribution in [3.63, 3.8) is 0 Å². The minimum Gasteiger partial charge on any atom is -0.512 e. The third kappa shape index (κ3) is 7.30. The van der Waals surface area contributed by atoms with Crippen LogP contribution in [0.15, 0.2) is 78.6 Å². The number of ether oxygens (including phenoxy) is 1. The van der Waals surface area contributed by atoms with Crippen LogP contribution in [0.3, 0.4) is 0 Å². The van der Waals surface area contributed by atoms with E-state index in [2.05, 4.69) is 150 Å². The number of allylic oxidation sites excluding steroid dienone is 2. The molecule has 1 N–H and O–H groups in total. The fourth-order valence-electron chi connectivity index (χ4n) is 8.76. The van der Waals surface area contributed by atoms with E-state index in [0.717, 1.165) is 22.5 Å². The second-order valence-electron chi connectivity index (χ2n) is 17.8. The molecule has 2 atom stereocenters. The van der Waals surface area contributed by atoms with Crippen LogP contribution in [0.25, 0.3) is 22.2 Å². The summed E-state index contributed by atoms with van der Waals surface area (Å²) in [6.45, 7) is 30.0. The van der Waals surface area contributed by atoms with E-state index >= 15 is 0 Å². The minimum atomic E-state index is -0.442. The number of aliphatic hydroxyl groups excluding tert-OH is 1. The van der Waals surface area contributed by atoms with Crippen molar-refractivity contribution in [3.8, 4) is 17.0 Å². The molecule has 1 radical (unpaired) electrons. The van der Waals surface area contributed by atoms with Gasteiger partial charge >= 0.3 is 0 Å². The molecule has 5 heteroatoms. The fraction of sp³-hybridized carbons (Fsp3) is 0.500. The Morgan fingerprint density at radius 1 is 0.830 bits per heavy atom. The Kier molecular flexibility index (Phi) is 12.7. The smallest absolute Gasteiger partial charge is 0.165 e. The van der Waals surface area contributed by atoms with E-state index in [1.54, 1.807) is 0 Å². The Labute approximate surface area is 333 Å². The van der Waals surface area contributed by atoms with Gasteiger partial charge in [0.25, 0.3) is 0 Å². The number of aliphatic hydroxyl groups is 1. The second-order valence-corrected chi connectivity index (χ2v) is 17.8. The van der Waals surface area contributed by atoms with Crippen molar-refractivity contribution in [1.29, 1.82) is 0 Å². The molecular weight excluding hydrogens is 831 g/mol. The first kappa shape index (κ1) is 42.5. The third-order valence-corrected chi connectivity index (χ3v) is 13.3. The number of benzene rings is 3. The Balaban J connectivity index is 0.000000253.